The molecule has 7 nitrogen and oxygen atoms in total. The zero-order chi connectivity index (χ0) is 15.0. The summed E-state index contributed by atoms with van der Waals surface area (Å²) in [6.45, 7) is 3.88. The van der Waals surface area contributed by atoms with Crippen molar-refractivity contribution in [3.05, 3.63) is 24.3 Å². The maximum absolute atomic E-state index is 12.3. The van der Waals surface area contributed by atoms with Crippen molar-refractivity contribution in [2.24, 2.45) is 11.8 Å². The number of rotatable bonds is 3. The molecule has 0 N–H and O–H groups in total. The van der Waals surface area contributed by atoms with Crippen LogP contribution in [-0.2, 0) is 10.0 Å². The minimum atomic E-state index is -3.12. The van der Waals surface area contributed by atoms with Crippen molar-refractivity contribution < 1.29 is 13.2 Å². The summed E-state index contributed by atoms with van der Waals surface area (Å²) in [5, 5.41) is 0. The molecule has 2 aliphatic heterocycles. The van der Waals surface area contributed by atoms with Gasteiger partial charge in [0.05, 0.1) is 11.9 Å². The monoisotopic (exact) mass is 310 g/mol. The lowest BCUT2D eigenvalue weighted by Crippen LogP contribution is -2.36. The number of likely N-dealkylation sites (tertiary alicyclic amines) is 1. The highest BCUT2D eigenvalue weighted by Crippen LogP contribution is 2.33. The first kappa shape index (κ1) is 14.4. The molecule has 0 saturated carbocycles. The SMILES string of the molecule is CCS(=O)(=O)N1CC2CN(C(=O)c3cnccn3)CC2C1. The Kier molecular flexibility index (Phi) is 3.66. The fourth-order valence-electron chi connectivity index (χ4n) is 3.10. The molecule has 0 spiro atoms. The summed E-state index contributed by atoms with van der Waals surface area (Å²) in [6.07, 6.45) is 4.49. The van der Waals surface area contributed by atoms with Crippen molar-refractivity contribution in [1.29, 1.82) is 0 Å². The molecule has 0 aliphatic carbocycles. The number of carbonyl (C=O) groups excluding carboxylic acids is 1. The molecular weight excluding hydrogens is 292 g/mol. The largest absolute Gasteiger partial charge is 0.337 e. The Labute approximate surface area is 124 Å². The maximum Gasteiger partial charge on any atom is 0.274 e. The molecule has 2 fully saturated rings. The highest BCUT2D eigenvalue weighted by molar-refractivity contribution is 7.89. The average Bonchev–Trinajstić information content (AvgIpc) is 3.06. The second-order valence-electron chi connectivity index (χ2n) is 5.54. The van der Waals surface area contributed by atoms with Gasteiger partial charge in [-0.1, -0.05) is 0 Å². The summed E-state index contributed by atoms with van der Waals surface area (Å²) in [7, 11) is -3.12. The van der Waals surface area contributed by atoms with Gasteiger partial charge < -0.3 is 4.90 Å². The van der Waals surface area contributed by atoms with E-state index in [2.05, 4.69) is 9.97 Å². The van der Waals surface area contributed by atoms with E-state index < -0.39 is 10.0 Å². The van der Waals surface area contributed by atoms with Crippen molar-refractivity contribution in [2.45, 2.75) is 6.92 Å². The van der Waals surface area contributed by atoms with E-state index in [1.807, 2.05) is 0 Å². The fourth-order valence-corrected chi connectivity index (χ4v) is 4.30. The van der Waals surface area contributed by atoms with Gasteiger partial charge in [0.1, 0.15) is 5.69 Å². The third-order valence-electron chi connectivity index (χ3n) is 4.28. The molecule has 2 saturated heterocycles. The highest BCUT2D eigenvalue weighted by atomic mass is 32.2. The molecule has 3 heterocycles. The first-order valence-corrected chi connectivity index (χ1v) is 8.65. The number of nitrogens with zero attached hydrogens (tertiary/aromatic N) is 4. The second kappa shape index (κ2) is 5.34. The summed E-state index contributed by atoms with van der Waals surface area (Å²) >= 11 is 0. The zero-order valence-electron chi connectivity index (χ0n) is 11.8. The quantitative estimate of drug-likeness (QED) is 0.774. The molecule has 3 rings (SSSR count). The summed E-state index contributed by atoms with van der Waals surface area (Å²) in [6, 6.07) is 0. The molecule has 0 aromatic carbocycles. The Bertz CT molecular complexity index is 620. The Morgan fingerprint density at radius 1 is 1.24 bits per heavy atom. The molecular formula is C13H18N4O3S. The van der Waals surface area contributed by atoms with E-state index >= 15 is 0 Å². The molecule has 1 aromatic rings. The smallest absolute Gasteiger partial charge is 0.274 e. The number of carbonyl (C=O) groups is 1. The molecule has 2 aliphatic rings. The van der Waals surface area contributed by atoms with Crippen LogP contribution in [0.4, 0.5) is 0 Å². The van der Waals surface area contributed by atoms with Gasteiger partial charge in [-0.15, -0.1) is 0 Å². The normalized spacial score (nSPS) is 26.0. The highest BCUT2D eigenvalue weighted by Gasteiger charge is 2.44. The van der Waals surface area contributed by atoms with Crippen LogP contribution < -0.4 is 0 Å². The predicted molar refractivity (Wildman–Crippen MR) is 75.9 cm³/mol. The summed E-state index contributed by atoms with van der Waals surface area (Å²) in [5.74, 6) is 0.468. The lowest BCUT2D eigenvalue weighted by Gasteiger charge is -2.20. The van der Waals surface area contributed by atoms with Crippen molar-refractivity contribution in [3.63, 3.8) is 0 Å². The predicted octanol–water partition coefficient (Wildman–Crippen LogP) is -0.170. The van der Waals surface area contributed by atoms with Crippen LogP contribution in [-0.4, -0.2) is 65.4 Å². The van der Waals surface area contributed by atoms with Gasteiger partial charge in [-0.2, -0.15) is 0 Å². The van der Waals surface area contributed by atoms with Crippen molar-refractivity contribution in [3.8, 4) is 0 Å². The van der Waals surface area contributed by atoms with Crippen LogP contribution in [0.5, 0.6) is 0 Å². The number of hydrogen-bond donors (Lipinski definition) is 0. The van der Waals surface area contributed by atoms with E-state index in [-0.39, 0.29) is 23.5 Å². The first-order chi connectivity index (χ1) is 10.0. The van der Waals surface area contributed by atoms with E-state index in [0.717, 1.165) is 0 Å². The van der Waals surface area contributed by atoms with Gasteiger partial charge >= 0.3 is 0 Å². The van der Waals surface area contributed by atoms with Gasteiger partial charge in [-0.3, -0.25) is 9.78 Å². The van der Waals surface area contributed by atoms with Crippen LogP contribution in [0.1, 0.15) is 17.4 Å². The second-order valence-corrected chi connectivity index (χ2v) is 7.80. The van der Waals surface area contributed by atoms with Crippen molar-refractivity contribution in [1.82, 2.24) is 19.2 Å². The van der Waals surface area contributed by atoms with Gasteiger partial charge in [0, 0.05) is 38.6 Å². The van der Waals surface area contributed by atoms with Crippen LogP contribution in [0.15, 0.2) is 18.6 Å². The van der Waals surface area contributed by atoms with E-state index in [1.54, 1.807) is 16.1 Å². The standard InChI is InChI=1S/C13H18N4O3S/c1-2-21(19,20)17-8-10-6-16(7-11(10)9-17)13(18)12-5-14-3-4-15-12/h3-5,10-11H,2,6-9H2,1H3. The van der Waals surface area contributed by atoms with E-state index in [9.17, 15) is 13.2 Å². The third-order valence-corrected chi connectivity index (χ3v) is 6.09. The zero-order valence-corrected chi connectivity index (χ0v) is 12.7. The summed E-state index contributed by atoms with van der Waals surface area (Å²) < 4.78 is 25.4. The molecule has 2 unspecified atom stereocenters. The van der Waals surface area contributed by atoms with Gasteiger partial charge in [0.15, 0.2) is 0 Å². The lowest BCUT2D eigenvalue weighted by atomic mass is 10.0. The molecule has 114 valence electrons. The summed E-state index contributed by atoms with van der Waals surface area (Å²) in [5.41, 5.74) is 0.343. The van der Waals surface area contributed by atoms with Gasteiger partial charge in [0.25, 0.3) is 5.91 Å². The van der Waals surface area contributed by atoms with Crippen LogP contribution in [0.3, 0.4) is 0 Å². The van der Waals surface area contributed by atoms with E-state index in [4.69, 9.17) is 0 Å². The topological polar surface area (TPSA) is 83.5 Å². The van der Waals surface area contributed by atoms with Crippen molar-refractivity contribution in [2.75, 3.05) is 31.9 Å². The van der Waals surface area contributed by atoms with E-state index in [0.29, 0.717) is 31.9 Å². The summed E-state index contributed by atoms with van der Waals surface area (Å²) in [4.78, 5) is 22.0. The van der Waals surface area contributed by atoms with Crippen LogP contribution in [0.2, 0.25) is 0 Å². The molecule has 21 heavy (non-hydrogen) atoms. The molecule has 1 amide bonds. The first-order valence-electron chi connectivity index (χ1n) is 7.04. The minimum Gasteiger partial charge on any atom is -0.337 e. The van der Waals surface area contributed by atoms with Crippen molar-refractivity contribution >= 4 is 15.9 Å². The average molecular weight is 310 g/mol. The van der Waals surface area contributed by atoms with Gasteiger partial charge in [-0.05, 0) is 18.8 Å². The fraction of sp³-hybridized carbons (Fsp3) is 0.615. The lowest BCUT2D eigenvalue weighted by molar-refractivity contribution is 0.0772. The van der Waals surface area contributed by atoms with Crippen LogP contribution in [0.25, 0.3) is 0 Å². The number of hydrogen-bond acceptors (Lipinski definition) is 5. The molecule has 2 atom stereocenters. The number of aromatic nitrogens is 2. The third kappa shape index (κ3) is 2.65. The molecule has 8 heteroatoms. The number of amides is 1. The van der Waals surface area contributed by atoms with Gasteiger partial charge in [0.2, 0.25) is 10.0 Å². The molecule has 0 bridgehead atoms. The van der Waals surface area contributed by atoms with E-state index in [1.165, 1.54) is 18.6 Å². The molecule has 0 radical (unpaired) electrons. The Morgan fingerprint density at radius 3 is 2.43 bits per heavy atom. The van der Waals surface area contributed by atoms with Crippen LogP contribution >= 0.6 is 0 Å². The minimum absolute atomic E-state index is 0.123. The number of sulfonamides is 1. The maximum atomic E-state index is 12.3. The Balaban J connectivity index is 1.66. The number of fused-ring (bicyclic) bond motifs is 1. The Hall–Kier alpha value is -1.54. The van der Waals surface area contributed by atoms with Gasteiger partial charge in [-0.25, -0.2) is 17.7 Å². The molecule has 1 aromatic heterocycles. The Morgan fingerprint density at radius 2 is 1.90 bits per heavy atom. The van der Waals surface area contributed by atoms with Crippen LogP contribution in [0, 0.1) is 11.8 Å².